The molecule has 0 unspecified atom stereocenters. The molecule has 22 heavy (non-hydrogen) atoms. The highest BCUT2D eigenvalue weighted by Gasteiger charge is 2.14. The second-order valence-corrected chi connectivity index (χ2v) is 6.32. The zero-order valence-electron chi connectivity index (χ0n) is 12.5. The van der Waals surface area contributed by atoms with Crippen LogP contribution in [-0.2, 0) is 13.0 Å². The van der Waals surface area contributed by atoms with Crippen molar-refractivity contribution < 1.29 is 0 Å². The molecule has 0 fully saturated rings. The van der Waals surface area contributed by atoms with Gasteiger partial charge in [0.1, 0.15) is 4.83 Å². The number of thiophene rings is 1. The smallest absolute Gasteiger partial charge is 0.262 e. The molecule has 2 heterocycles. The van der Waals surface area contributed by atoms with Crippen LogP contribution in [0.1, 0.15) is 28.5 Å². The molecule has 0 saturated carbocycles. The van der Waals surface area contributed by atoms with E-state index in [9.17, 15) is 10.1 Å². The van der Waals surface area contributed by atoms with E-state index in [0.717, 1.165) is 32.6 Å². The van der Waals surface area contributed by atoms with Crippen LogP contribution in [0.3, 0.4) is 0 Å². The number of rotatable bonds is 3. The lowest BCUT2D eigenvalue weighted by molar-refractivity contribution is 0.747. The first kappa shape index (κ1) is 14.5. The summed E-state index contributed by atoms with van der Waals surface area (Å²) in [5.74, 6) is 0. The second-order valence-electron chi connectivity index (χ2n) is 5.12. The summed E-state index contributed by atoms with van der Waals surface area (Å²) in [6.45, 7) is 4.44. The number of hydrogen-bond acceptors (Lipinski definition) is 4. The molecule has 0 aliphatic carbocycles. The van der Waals surface area contributed by atoms with E-state index in [2.05, 4.69) is 18.0 Å². The highest BCUT2D eigenvalue weighted by Crippen LogP contribution is 2.27. The van der Waals surface area contributed by atoms with Gasteiger partial charge in [-0.1, -0.05) is 25.1 Å². The maximum atomic E-state index is 12.8. The molecule has 0 aliphatic heterocycles. The lowest BCUT2D eigenvalue weighted by atomic mass is 10.1. The zero-order chi connectivity index (χ0) is 15.7. The van der Waals surface area contributed by atoms with Crippen LogP contribution in [0.2, 0.25) is 0 Å². The van der Waals surface area contributed by atoms with Gasteiger partial charge in [-0.15, -0.1) is 11.3 Å². The summed E-state index contributed by atoms with van der Waals surface area (Å²) in [5.41, 5.74) is 2.48. The maximum Gasteiger partial charge on any atom is 0.262 e. The largest absolute Gasteiger partial charge is 0.294 e. The Morgan fingerprint density at radius 3 is 2.86 bits per heavy atom. The lowest BCUT2D eigenvalue weighted by Gasteiger charge is -2.07. The minimum atomic E-state index is -0.0288. The predicted molar refractivity (Wildman–Crippen MR) is 88.3 cm³/mol. The van der Waals surface area contributed by atoms with Gasteiger partial charge >= 0.3 is 0 Å². The number of benzene rings is 1. The molecular weight excluding hydrogens is 294 g/mol. The molecule has 0 atom stereocenters. The van der Waals surface area contributed by atoms with Crippen molar-refractivity contribution in [2.45, 2.75) is 26.8 Å². The van der Waals surface area contributed by atoms with Crippen LogP contribution in [0.5, 0.6) is 0 Å². The molecule has 0 saturated heterocycles. The lowest BCUT2D eigenvalue weighted by Crippen LogP contribution is -2.21. The molecule has 0 aliphatic rings. The molecule has 0 amide bonds. The fourth-order valence-corrected chi connectivity index (χ4v) is 3.75. The van der Waals surface area contributed by atoms with Crippen molar-refractivity contribution in [3.05, 3.63) is 62.5 Å². The zero-order valence-corrected chi connectivity index (χ0v) is 13.3. The minimum Gasteiger partial charge on any atom is -0.294 e. The Kier molecular flexibility index (Phi) is 3.78. The number of hydrogen-bond donors (Lipinski definition) is 0. The molecule has 0 bridgehead atoms. The van der Waals surface area contributed by atoms with E-state index in [4.69, 9.17) is 0 Å². The molecule has 0 N–H and O–H groups in total. The highest BCUT2D eigenvalue weighted by atomic mass is 32.1. The van der Waals surface area contributed by atoms with Gasteiger partial charge in [-0.05, 0) is 30.5 Å². The quantitative estimate of drug-likeness (QED) is 0.746. The van der Waals surface area contributed by atoms with Crippen molar-refractivity contribution in [2.75, 3.05) is 0 Å². The van der Waals surface area contributed by atoms with E-state index in [1.165, 1.54) is 0 Å². The first-order valence-corrected chi connectivity index (χ1v) is 7.92. The summed E-state index contributed by atoms with van der Waals surface area (Å²) < 4.78 is 1.59. The molecule has 0 radical (unpaired) electrons. The molecule has 1 aromatic carbocycles. The van der Waals surface area contributed by atoms with E-state index < -0.39 is 0 Å². The van der Waals surface area contributed by atoms with E-state index in [1.54, 1.807) is 28.3 Å². The molecule has 5 heteroatoms. The number of aryl methyl sites for hydroxylation is 2. The van der Waals surface area contributed by atoms with Crippen LogP contribution < -0.4 is 5.56 Å². The van der Waals surface area contributed by atoms with Gasteiger partial charge in [-0.25, -0.2) is 4.98 Å². The van der Waals surface area contributed by atoms with E-state index in [1.807, 2.05) is 25.1 Å². The third-order valence-corrected chi connectivity index (χ3v) is 4.87. The van der Waals surface area contributed by atoms with Crippen LogP contribution in [0, 0.1) is 18.3 Å². The number of nitrogens with zero attached hydrogens (tertiary/aromatic N) is 3. The Balaban J connectivity index is 2.15. The van der Waals surface area contributed by atoms with Gasteiger partial charge in [0.15, 0.2) is 0 Å². The fraction of sp³-hybridized carbons (Fsp3) is 0.235. The summed E-state index contributed by atoms with van der Waals surface area (Å²) in [7, 11) is 0. The molecule has 3 aromatic rings. The third kappa shape index (κ3) is 2.32. The molecule has 3 rings (SSSR count). The average Bonchev–Trinajstić information content (AvgIpc) is 2.86. The Labute approximate surface area is 132 Å². The number of nitriles is 1. The van der Waals surface area contributed by atoms with Gasteiger partial charge in [0.25, 0.3) is 5.56 Å². The third-order valence-electron chi connectivity index (χ3n) is 3.81. The monoisotopic (exact) mass is 309 g/mol. The van der Waals surface area contributed by atoms with Gasteiger partial charge in [-0.2, -0.15) is 5.26 Å². The van der Waals surface area contributed by atoms with Gasteiger partial charge in [0.2, 0.25) is 0 Å². The predicted octanol–water partition coefficient (Wildman–Crippen LogP) is 3.25. The first-order chi connectivity index (χ1) is 10.7. The summed E-state index contributed by atoms with van der Waals surface area (Å²) in [6.07, 6.45) is 2.40. The van der Waals surface area contributed by atoms with Crippen molar-refractivity contribution in [3.8, 4) is 6.07 Å². The van der Waals surface area contributed by atoms with Crippen molar-refractivity contribution in [2.24, 2.45) is 0 Å². The van der Waals surface area contributed by atoms with Crippen molar-refractivity contribution >= 4 is 21.6 Å². The Bertz CT molecular complexity index is 947. The number of aromatic nitrogens is 2. The van der Waals surface area contributed by atoms with Gasteiger partial charge in [0, 0.05) is 4.88 Å². The van der Waals surface area contributed by atoms with Crippen LogP contribution in [0.15, 0.2) is 35.4 Å². The average molecular weight is 309 g/mol. The number of fused-ring (bicyclic) bond motifs is 1. The van der Waals surface area contributed by atoms with Gasteiger partial charge in [0.05, 0.1) is 29.9 Å². The van der Waals surface area contributed by atoms with Crippen molar-refractivity contribution in [3.63, 3.8) is 0 Å². The van der Waals surface area contributed by atoms with E-state index in [-0.39, 0.29) is 5.56 Å². The van der Waals surface area contributed by atoms with E-state index in [0.29, 0.717) is 12.1 Å². The topological polar surface area (TPSA) is 58.7 Å². The summed E-state index contributed by atoms with van der Waals surface area (Å²) in [5, 5.41) is 9.90. The highest BCUT2D eigenvalue weighted by molar-refractivity contribution is 7.18. The van der Waals surface area contributed by atoms with Crippen LogP contribution in [0.4, 0.5) is 0 Å². The fourth-order valence-electron chi connectivity index (χ4n) is 2.68. The van der Waals surface area contributed by atoms with E-state index >= 15 is 0 Å². The first-order valence-electron chi connectivity index (χ1n) is 7.11. The SMILES string of the molecule is CCc1c(C)sc2ncn(Cc3ccccc3C#N)c(=O)c12. The standard InChI is InChI=1S/C17H15N3OS/c1-3-14-11(2)22-16-15(14)17(21)20(10-19-16)9-13-7-5-4-6-12(13)8-18/h4-7,10H,3,9H2,1-2H3. The molecular formula is C17H15N3OS. The van der Waals surface area contributed by atoms with Crippen molar-refractivity contribution in [1.29, 1.82) is 5.26 Å². The van der Waals surface area contributed by atoms with Crippen molar-refractivity contribution in [1.82, 2.24) is 9.55 Å². The molecule has 4 nitrogen and oxygen atoms in total. The van der Waals surface area contributed by atoms with Crippen LogP contribution >= 0.6 is 11.3 Å². The molecule has 0 spiro atoms. The van der Waals surface area contributed by atoms with Crippen LogP contribution in [0.25, 0.3) is 10.2 Å². The molecule has 2 aromatic heterocycles. The summed E-state index contributed by atoms with van der Waals surface area (Å²) in [4.78, 5) is 19.1. The van der Waals surface area contributed by atoms with Crippen LogP contribution in [-0.4, -0.2) is 9.55 Å². The Morgan fingerprint density at radius 2 is 2.14 bits per heavy atom. The van der Waals surface area contributed by atoms with Gasteiger partial charge in [-0.3, -0.25) is 9.36 Å². The Morgan fingerprint density at radius 1 is 1.36 bits per heavy atom. The Hall–Kier alpha value is -2.45. The normalized spacial score (nSPS) is 10.8. The summed E-state index contributed by atoms with van der Waals surface area (Å²) >= 11 is 1.56. The maximum absolute atomic E-state index is 12.8. The minimum absolute atomic E-state index is 0.0288. The molecule has 110 valence electrons. The van der Waals surface area contributed by atoms with Gasteiger partial charge < -0.3 is 0 Å². The summed E-state index contributed by atoms with van der Waals surface area (Å²) in [6, 6.07) is 9.50. The second kappa shape index (κ2) is 5.74.